The van der Waals surface area contributed by atoms with Crippen molar-refractivity contribution in [2.75, 3.05) is 10.6 Å². The summed E-state index contributed by atoms with van der Waals surface area (Å²) in [6.45, 7) is 1.88. The second-order valence-corrected chi connectivity index (χ2v) is 5.86. The molecule has 0 saturated carbocycles. The standard InChI is InChI=1S/C17H13ClF3N5/c1-10-5-6-13(8-14(10)18)23-15-9-22-26-16(25-15)24-12-4-2-3-11(7-12)17(19,20)21/h2-9H,1H3,(H2,23,24,25,26). The summed E-state index contributed by atoms with van der Waals surface area (Å²) in [4.78, 5) is 4.19. The highest BCUT2D eigenvalue weighted by Crippen LogP contribution is 2.31. The fourth-order valence-electron chi connectivity index (χ4n) is 2.14. The molecular formula is C17H13ClF3N5. The van der Waals surface area contributed by atoms with Gasteiger partial charge >= 0.3 is 6.18 Å². The van der Waals surface area contributed by atoms with Crippen LogP contribution in [0.25, 0.3) is 0 Å². The molecule has 3 aromatic rings. The molecule has 0 fully saturated rings. The van der Waals surface area contributed by atoms with Gasteiger partial charge in [0, 0.05) is 16.4 Å². The maximum atomic E-state index is 12.8. The van der Waals surface area contributed by atoms with Crippen LogP contribution in [0.3, 0.4) is 0 Å². The number of hydrogen-bond acceptors (Lipinski definition) is 5. The minimum absolute atomic E-state index is 0.0625. The van der Waals surface area contributed by atoms with Crippen molar-refractivity contribution in [2.45, 2.75) is 13.1 Å². The van der Waals surface area contributed by atoms with E-state index in [9.17, 15) is 13.2 Å². The third-order valence-electron chi connectivity index (χ3n) is 3.45. The van der Waals surface area contributed by atoms with E-state index in [1.54, 1.807) is 6.07 Å². The van der Waals surface area contributed by atoms with Gasteiger partial charge in [0.1, 0.15) is 0 Å². The fraction of sp³-hybridized carbons (Fsp3) is 0.118. The Morgan fingerprint density at radius 2 is 1.77 bits per heavy atom. The molecule has 26 heavy (non-hydrogen) atoms. The first-order chi connectivity index (χ1) is 12.3. The molecule has 0 aliphatic carbocycles. The largest absolute Gasteiger partial charge is 0.416 e. The summed E-state index contributed by atoms with van der Waals surface area (Å²) in [7, 11) is 0. The van der Waals surface area contributed by atoms with Gasteiger partial charge in [-0.05, 0) is 42.8 Å². The van der Waals surface area contributed by atoms with Crippen molar-refractivity contribution in [3.63, 3.8) is 0 Å². The first-order valence-corrected chi connectivity index (χ1v) is 7.86. The minimum atomic E-state index is -4.43. The quantitative estimate of drug-likeness (QED) is 0.640. The number of benzene rings is 2. The second-order valence-electron chi connectivity index (χ2n) is 5.46. The maximum Gasteiger partial charge on any atom is 0.416 e. The van der Waals surface area contributed by atoms with E-state index in [-0.39, 0.29) is 11.6 Å². The lowest BCUT2D eigenvalue weighted by Crippen LogP contribution is -2.06. The average molecular weight is 380 g/mol. The van der Waals surface area contributed by atoms with Crippen LogP contribution in [0.1, 0.15) is 11.1 Å². The molecule has 0 radical (unpaired) electrons. The summed E-state index contributed by atoms with van der Waals surface area (Å²) in [5, 5.41) is 13.9. The average Bonchev–Trinajstić information content (AvgIpc) is 2.58. The van der Waals surface area contributed by atoms with Gasteiger partial charge in [-0.25, -0.2) is 0 Å². The summed E-state index contributed by atoms with van der Waals surface area (Å²) in [5.41, 5.74) is 1.08. The number of halogens is 4. The second kappa shape index (κ2) is 7.17. The summed E-state index contributed by atoms with van der Waals surface area (Å²) < 4.78 is 38.3. The molecule has 2 N–H and O–H groups in total. The zero-order chi connectivity index (χ0) is 18.7. The fourth-order valence-corrected chi connectivity index (χ4v) is 2.32. The number of alkyl halides is 3. The van der Waals surface area contributed by atoms with Crippen LogP contribution in [0.15, 0.2) is 48.7 Å². The Kier molecular flexibility index (Phi) is 4.94. The molecule has 0 aliphatic heterocycles. The Labute approximate surface area is 152 Å². The highest BCUT2D eigenvalue weighted by Gasteiger charge is 2.30. The Hall–Kier alpha value is -2.87. The molecule has 0 spiro atoms. The van der Waals surface area contributed by atoms with E-state index in [1.807, 2.05) is 19.1 Å². The van der Waals surface area contributed by atoms with Crippen LogP contribution < -0.4 is 10.6 Å². The molecule has 0 bridgehead atoms. The van der Waals surface area contributed by atoms with E-state index < -0.39 is 11.7 Å². The van der Waals surface area contributed by atoms with E-state index in [1.165, 1.54) is 18.3 Å². The Morgan fingerprint density at radius 3 is 2.50 bits per heavy atom. The zero-order valence-corrected chi connectivity index (χ0v) is 14.2. The van der Waals surface area contributed by atoms with E-state index in [0.717, 1.165) is 17.7 Å². The lowest BCUT2D eigenvalue weighted by atomic mass is 10.2. The molecule has 0 atom stereocenters. The number of rotatable bonds is 4. The monoisotopic (exact) mass is 379 g/mol. The Balaban J connectivity index is 1.78. The first-order valence-electron chi connectivity index (χ1n) is 7.48. The molecule has 5 nitrogen and oxygen atoms in total. The van der Waals surface area contributed by atoms with Crippen LogP contribution in [0.2, 0.25) is 5.02 Å². The van der Waals surface area contributed by atoms with Gasteiger partial charge < -0.3 is 10.6 Å². The van der Waals surface area contributed by atoms with Crippen molar-refractivity contribution < 1.29 is 13.2 Å². The van der Waals surface area contributed by atoms with Crippen LogP contribution in [-0.4, -0.2) is 15.2 Å². The molecular weight excluding hydrogens is 367 g/mol. The first kappa shape index (κ1) is 17.9. The highest BCUT2D eigenvalue weighted by atomic mass is 35.5. The molecule has 9 heteroatoms. The summed E-state index contributed by atoms with van der Waals surface area (Å²) in [5.74, 6) is 0.432. The topological polar surface area (TPSA) is 62.7 Å². The van der Waals surface area contributed by atoms with Gasteiger partial charge in [0.25, 0.3) is 0 Å². The van der Waals surface area contributed by atoms with Gasteiger partial charge in [0.15, 0.2) is 5.82 Å². The van der Waals surface area contributed by atoms with E-state index >= 15 is 0 Å². The third-order valence-corrected chi connectivity index (χ3v) is 3.86. The van der Waals surface area contributed by atoms with Crippen molar-refractivity contribution in [1.82, 2.24) is 15.2 Å². The molecule has 0 saturated heterocycles. The summed E-state index contributed by atoms with van der Waals surface area (Å²) in [6, 6.07) is 10.2. The molecule has 134 valence electrons. The van der Waals surface area contributed by atoms with Crippen molar-refractivity contribution in [3.05, 3.63) is 64.8 Å². The van der Waals surface area contributed by atoms with Gasteiger partial charge in [-0.1, -0.05) is 23.7 Å². The highest BCUT2D eigenvalue weighted by molar-refractivity contribution is 6.31. The van der Waals surface area contributed by atoms with Crippen LogP contribution in [0, 0.1) is 6.92 Å². The normalized spacial score (nSPS) is 11.3. The number of nitrogens with one attached hydrogen (secondary N) is 2. The molecule has 0 amide bonds. The number of nitrogens with zero attached hydrogens (tertiary/aromatic N) is 3. The van der Waals surface area contributed by atoms with Gasteiger partial charge in [0.2, 0.25) is 5.95 Å². The number of aromatic nitrogens is 3. The number of anilines is 4. The van der Waals surface area contributed by atoms with Gasteiger partial charge in [-0.15, -0.1) is 5.10 Å². The Bertz CT molecular complexity index is 930. The lowest BCUT2D eigenvalue weighted by Gasteiger charge is -2.10. The van der Waals surface area contributed by atoms with Crippen molar-refractivity contribution >= 4 is 34.7 Å². The van der Waals surface area contributed by atoms with Crippen LogP contribution in [-0.2, 0) is 6.18 Å². The van der Waals surface area contributed by atoms with Gasteiger partial charge in [-0.3, -0.25) is 0 Å². The number of aryl methyl sites for hydroxylation is 1. The van der Waals surface area contributed by atoms with Crippen molar-refractivity contribution in [1.29, 1.82) is 0 Å². The SMILES string of the molecule is Cc1ccc(Nc2cnnc(Nc3cccc(C(F)(F)F)c3)n2)cc1Cl. The smallest absolute Gasteiger partial charge is 0.339 e. The lowest BCUT2D eigenvalue weighted by molar-refractivity contribution is -0.137. The molecule has 0 aliphatic rings. The number of hydrogen-bond donors (Lipinski definition) is 2. The van der Waals surface area contributed by atoms with E-state index in [2.05, 4.69) is 25.8 Å². The molecule has 1 heterocycles. The van der Waals surface area contributed by atoms with Crippen LogP contribution in [0.4, 0.5) is 36.3 Å². The van der Waals surface area contributed by atoms with Crippen molar-refractivity contribution in [2.24, 2.45) is 0 Å². The molecule has 2 aromatic carbocycles. The molecule has 0 unspecified atom stereocenters. The van der Waals surface area contributed by atoms with E-state index in [4.69, 9.17) is 11.6 Å². The van der Waals surface area contributed by atoms with Gasteiger partial charge in [-0.2, -0.15) is 23.3 Å². The molecule has 1 aromatic heterocycles. The van der Waals surface area contributed by atoms with Crippen LogP contribution in [0.5, 0.6) is 0 Å². The molecule has 3 rings (SSSR count). The predicted molar refractivity (Wildman–Crippen MR) is 94.0 cm³/mol. The van der Waals surface area contributed by atoms with E-state index in [0.29, 0.717) is 16.5 Å². The summed E-state index contributed by atoms with van der Waals surface area (Å²) in [6.07, 6.45) is -3.03. The van der Waals surface area contributed by atoms with Crippen LogP contribution >= 0.6 is 11.6 Å². The predicted octanol–water partition coefficient (Wildman–Crippen LogP) is 5.34. The Morgan fingerprint density at radius 1 is 1.00 bits per heavy atom. The third kappa shape index (κ3) is 4.40. The maximum absolute atomic E-state index is 12.8. The zero-order valence-electron chi connectivity index (χ0n) is 13.5. The minimum Gasteiger partial charge on any atom is -0.339 e. The summed E-state index contributed by atoms with van der Waals surface area (Å²) >= 11 is 6.08. The van der Waals surface area contributed by atoms with Gasteiger partial charge in [0.05, 0.1) is 11.8 Å². The van der Waals surface area contributed by atoms with Crippen molar-refractivity contribution in [3.8, 4) is 0 Å².